The number of hydrogen-bond donors (Lipinski definition) is 2. The fraction of sp³-hybridized carbons (Fsp3) is 0.923. The molecule has 0 spiro atoms. The van der Waals surface area contributed by atoms with Crippen molar-refractivity contribution < 1.29 is 23.1 Å². The van der Waals surface area contributed by atoms with Crippen LogP contribution in [0.5, 0.6) is 0 Å². The second kappa shape index (κ2) is 5.83. The Labute approximate surface area is 124 Å². The van der Waals surface area contributed by atoms with E-state index in [1.165, 1.54) is 4.31 Å². The van der Waals surface area contributed by atoms with Gasteiger partial charge in [0.2, 0.25) is 0 Å². The van der Waals surface area contributed by atoms with Crippen molar-refractivity contribution >= 4 is 16.2 Å². The summed E-state index contributed by atoms with van der Waals surface area (Å²) >= 11 is 0. The smallest absolute Gasteiger partial charge is 0.307 e. The molecule has 0 amide bonds. The van der Waals surface area contributed by atoms with Gasteiger partial charge in [-0.15, -0.1) is 0 Å². The number of carboxylic acids is 1. The quantitative estimate of drug-likeness (QED) is 0.754. The predicted molar refractivity (Wildman–Crippen MR) is 74.9 cm³/mol. The summed E-state index contributed by atoms with van der Waals surface area (Å²) in [6, 6.07) is -0.173. The minimum absolute atomic E-state index is 0.0140. The first-order valence-electron chi connectivity index (χ1n) is 7.59. The lowest BCUT2D eigenvalue weighted by molar-refractivity contribution is -0.142. The highest BCUT2D eigenvalue weighted by molar-refractivity contribution is 7.87. The van der Waals surface area contributed by atoms with Crippen molar-refractivity contribution in [3.8, 4) is 0 Å². The molecular weight excluding hydrogens is 296 g/mol. The van der Waals surface area contributed by atoms with Gasteiger partial charge in [0.15, 0.2) is 0 Å². The molecule has 3 fully saturated rings. The summed E-state index contributed by atoms with van der Waals surface area (Å²) in [5.41, 5.74) is 0. The number of ether oxygens (including phenoxy) is 1. The molecular formula is C13H22N2O5S. The van der Waals surface area contributed by atoms with Gasteiger partial charge in [-0.3, -0.25) is 4.79 Å². The average Bonchev–Trinajstić information content (AvgIpc) is 3.19. The molecule has 0 aromatic rings. The first-order valence-corrected chi connectivity index (χ1v) is 9.03. The number of aliphatic carboxylic acids is 1. The van der Waals surface area contributed by atoms with Crippen molar-refractivity contribution in [2.45, 2.75) is 44.2 Å². The van der Waals surface area contributed by atoms with Crippen LogP contribution in [0.4, 0.5) is 0 Å². The highest BCUT2D eigenvalue weighted by Crippen LogP contribution is 2.39. The Kier molecular flexibility index (Phi) is 4.22. The van der Waals surface area contributed by atoms with Crippen molar-refractivity contribution in [1.82, 2.24) is 9.03 Å². The largest absolute Gasteiger partial charge is 0.481 e. The molecule has 8 heteroatoms. The van der Waals surface area contributed by atoms with E-state index in [0.717, 1.165) is 12.8 Å². The molecule has 0 radical (unpaired) electrons. The van der Waals surface area contributed by atoms with E-state index in [4.69, 9.17) is 9.84 Å². The first-order chi connectivity index (χ1) is 9.97. The van der Waals surface area contributed by atoms with E-state index in [2.05, 4.69) is 4.72 Å². The van der Waals surface area contributed by atoms with Crippen molar-refractivity contribution in [3.05, 3.63) is 0 Å². The van der Waals surface area contributed by atoms with Crippen molar-refractivity contribution in [2.75, 3.05) is 19.7 Å². The molecule has 3 rings (SSSR count). The Morgan fingerprint density at radius 2 is 2.00 bits per heavy atom. The van der Waals surface area contributed by atoms with Crippen LogP contribution < -0.4 is 4.72 Å². The molecule has 0 bridgehead atoms. The monoisotopic (exact) mass is 318 g/mol. The molecule has 7 nitrogen and oxygen atoms in total. The van der Waals surface area contributed by atoms with Crippen LogP contribution in [0.15, 0.2) is 0 Å². The summed E-state index contributed by atoms with van der Waals surface area (Å²) in [6.07, 6.45) is 4.02. The maximum Gasteiger partial charge on any atom is 0.307 e. The number of nitrogens with zero attached hydrogens (tertiary/aromatic N) is 1. The van der Waals surface area contributed by atoms with Gasteiger partial charge in [-0.05, 0) is 38.0 Å². The lowest BCUT2D eigenvalue weighted by atomic mass is 10.0. The van der Waals surface area contributed by atoms with Crippen LogP contribution in [0.2, 0.25) is 0 Å². The van der Waals surface area contributed by atoms with E-state index >= 15 is 0 Å². The fourth-order valence-electron chi connectivity index (χ4n) is 3.25. The molecule has 1 saturated carbocycles. The Morgan fingerprint density at radius 3 is 2.67 bits per heavy atom. The van der Waals surface area contributed by atoms with Crippen LogP contribution in [0.3, 0.4) is 0 Å². The SMILES string of the molecule is O=C(O)C1CCCN(S(=O)(=O)NC2CCOC2C2CC2)C1. The van der Waals surface area contributed by atoms with Gasteiger partial charge in [0.25, 0.3) is 10.2 Å². The van der Waals surface area contributed by atoms with Crippen LogP contribution in [0.25, 0.3) is 0 Å². The van der Waals surface area contributed by atoms with Gasteiger partial charge in [0.1, 0.15) is 0 Å². The van der Waals surface area contributed by atoms with Crippen molar-refractivity contribution in [3.63, 3.8) is 0 Å². The van der Waals surface area contributed by atoms with Gasteiger partial charge in [0, 0.05) is 19.7 Å². The van der Waals surface area contributed by atoms with Gasteiger partial charge in [-0.1, -0.05) is 0 Å². The van der Waals surface area contributed by atoms with Crippen molar-refractivity contribution in [1.29, 1.82) is 0 Å². The molecule has 3 aliphatic rings. The van der Waals surface area contributed by atoms with E-state index in [0.29, 0.717) is 38.3 Å². The topological polar surface area (TPSA) is 95.9 Å². The summed E-state index contributed by atoms with van der Waals surface area (Å²) in [5.74, 6) is -1.04. The molecule has 2 N–H and O–H groups in total. The zero-order chi connectivity index (χ0) is 15.0. The second-order valence-corrected chi connectivity index (χ2v) is 7.93. The van der Waals surface area contributed by atoms with Crippen LogP contribution in [-0.4, -0.2) is 55.6 Å². The standard InChI is InChI=1S/C13H22N2O5S/c16-13(17)10-2-1-6-15(8-10)21(18,19)14-11-5-7-20-12(11)9-3-4-9/h9-12,14H,1-8H2,(H,16,17). The second-order valence-electron chi connectivity index (χ2n) is 6.23. The zero-order valence-electron chi connectivity index (χ0n) is 11.9. The van der Waals surface area contributed by atoms with Crippen LogP contribution >= 0.6 is 0 Å². The number of hydrogen-bond acceptors (Lipinski definition) is 4. The zero-order valence-corrected chi connectivity index (χ0v) is 12.7. The summed E-state index contributed by atoms with van der Waals surface area (Å²) in [6.45, 7) is 1.04. The fourth-order valence-corrected chi connectivity index (χ4v) is 4.78. The molecule has 120 valence electrons. The van der Waals surface area contributed by atoms with Gasteiger partial charge < -0.3 is 9.84 Å². The average molecular weight is 318 g/mol. The molecule has 0 aromatic carbocycles. The van der Waals surface area contributed by atoms with Gasteiger partial charge in [-0.25, -0.2) is 0 Å². The van der Waals surface area contributed by atoms with Crippen LogP contribution in [-0.2, 0) is 19.7 Å². The number of carbonyl (C=O) groups is 1. The van der Waals surface area contributed by atoms with E-state index < -0.39 is 22.1 Å². The molecule has 1 aliphatic carbocycles. The first kappa shape index (κ1) is 15.2. The van der Waals surface area contributed by atoms with Gasteiger partial charge in [0.05, 0.1) is 18.1 Å². The molecule has 2 heterocycles. The maximum atomic E-state index is 12.5. The Bertz CT molecular complexity index is 505. The number of nitrogens with one attached hydrogen (secondary N) is 1. The minimum atomic E-state index is -3.63. The maximum absolute atomic E-state index is 12.5. The van der Waals surface area contributed by atoms with E-state index in [9.17, 15) is 13.2 Å². The minimum Gasteiger partial charge on any atom is -0.481 e. The van der Waals surface area contributed by atoms with E-state index in [1.807, 2.05) is 0 Å². The molecule has 2 saturated heterocycles. The third-order valence-electron chi connectivity index (χ3n) is 4.60. The molecule has 0 aromatic heterocycles. The molecule has 3 unspecified atom stereocenters. The number of carboxylic acid groups (broad SMARTS) is 1. The van der Waals surface area contributed by atoms with Crippen LogP contribution in [0.1, 0.15) is 32.1 Å². The summed E-state index contributed by atoms with van der Waals surface area (Å²) in [4.78, 5) is 11.1. The lowest BCUT2D eigenvalue weighted by Gasteiger charge is -2.31. The van der Waals surface area contributed by atoms with Crippen molar-refractivity contribution in [2.24, 2.45) is 11.8 Å². The highest BCUT2D eigenvalue weighted by atomic mass is 32.2. The third-order valence-corrected chi connectivity index (χ3v) is 6.21. The number of rotatable bonds is 5. The summed E-state index contributed by atoms with van der Waals surface area (Å²) < 4.78 is 34.6. The van der Waals surface area contributed by atoms with E-state index in [1.54, 1.807) is 0 Å². The van der Waals surface area contributed by atoms with Gasteiger partial charge >= 0.3 is 5.97 Å². The normalized spacial score (nSPS) is 35.0. The molecule has 3 atom stereocenters. The van der Waals surface area contributed by atoms with Crippen LogP contribution in [0, 0.1) is 11.8 Å². The molecule has 2 aliphatic heterocycles. The summed E-state index contributed by atoms with van der Waals surface area (Å²) in [7, 11) is -3.63. The molecule has 21 heavy (non-hydrogen) atoms. The lowest BCUT2D eigenvalue weighted by Crippen LogP contribution is -2.52. The Morgan fingerprint density at radius 1 is 1.24 bits per heavy atom. The Hall–Kier alpha value is -0.700. The van der Waals surface area contributed by atoms with E-state index in [-0.39, 0.29) is 18.7 Å². The predicted octanol–water partition coefficient (Wildman–Crippen LogP) is 0.185. The number of piperidine rings is 1. The Balaban J connectivity index is 1.64. The van der Waals surface area contributed by atoms with Gasteiger partial charge in [-0.2, -0.15) is 17.4 Å². The highest BCUT2D eigenvalue weighted by Gasteiger charge is 2.43. The summed E-state index contributed by atoms with van der Waals surface area (Å²) in [5, 5.41) is 9.07. The third kappa shape index (κ3) is 3.39.